The van der Waals surface area contributed by atoms with Gasteiger partial charge in [0.25, 0.3) is 0 Å². The minimum atomic E-state index is 0.877. The highest BCUT2D eigenvalue weighted by molar-refractivity contribution is 7.98. The van der Waals surface area contributed by atoms with E-state index in [1.807, 2.05) is 36.4 Å². The van der Waals surface area contributed by atoms with Crippen molar-refractivity contribution in [3.8, 4) is 11.5 Å². The SMILES string of the molecule is CSc1ccc(Oc2ccccc2)c(C)c1. The molecule has 0 radical (unpaired) electrons. The number of rotatable bonds is 3. The van der Waals surface area contributed by atoms with Crippen molar-refractivity contribution < 1.29 is 4.74 Å². The van der Waals surface area contributed by atoms with Crippen molar-refractivity contribution in [1.82, 2.24) is 0 Å². The normalized spacial score (nSPS) is 10.1. The Labute approximate surface area is 100 Å². The summed E-state index contributed by atoms with van der Waals surface area (Å²) in [5.74, 6) is 1.80. The van der Waals surface area contributed by atoms with Gasteiger partial charge in [0.15, 0.2) is 0 Å². The van der Waals surface area contributed by atoms with Gasteiger partial charge in [0, 0.05) is 4.90 Å². The first kappa shape index (κ1) is 11.1. The van der Waals surface area contributed by atoms with Crippen LogP contribution < -0.4 is 4.74 Å². The predicted molar refractivity (Wildman–Crippen MR) is 69.5 cm³/mol. The lowest BCUT2D eigenvalue weighted by molar-refractivity contribution is 0.478. The predicted octanol–water partition coefficient (Wildman–Crippen LogP) is 4.51. The summed E-state index contributed by atoms with van der Waals surface area (Å²) in [6, 6.07) is 16.1. The third kappa shape index (κ3) is 2.58. The standard InChI is InChI=1S/C14H14OS/c1-11-10-13(16-2)8-9-14(11)15-12-6-4-3-5-7-12/h3-10H,1-2H3. The van der Waals surface area contributed by atoms with E-state index < -0.39 is 0 Å². The maximum absolute atomic E-state index is 5.80. The van der Waals surface area contributed by atoms with Crippen LogP contribution in [-0.2, 0) is 0 Å². The minimum Gasteiger partial charge on any atom is -0.457 e. The molecule has 16 heavy (non-hydrogen) atoms. The molecule has 0 bridgehead atoms. The molecule has 0 heterocycles. The highest BCUT2D eigenvalue weighted by Gasteiger charge is 2.01. The summed E-state index contributed by atoms with van der Waals surface area (Å²) < 4.78 is 5.80. The van der Waals surface area contributed by atoms with Crippen LogP contribution in [0.15, 0.2) is 53.4 Å². The quantitative estimate of drug-likeness (QED) is 0.717. The lowest BCUT2D eigenvalue weighted by Gasteiger charge is -2.09. The first-order valence-electron chi connectivity index (χ1n) is 5.17. The van der Waals surface area contributed by atoms with Gasteiger partial charge in [0.05, 0.1) is 0 Å². The van der Waals surface area contributed by atoms with E-state index in [-0.39, 0.29) is 0 Å². The molecule has 2 heteroatoms. The fourth-order valence-corrected chi connectivity index (χ4v) is 1.98. The van der Waals surface area contributed by atoms with Crippen molar-refractivity contribution in [2.24, 2.45) is 0 Å². The van der Waals surface area contributed by atoms with Crippen LogP contribution in [0.1, 0.15) is 5.56 Å². The Hall–Kier alpha value is -1.41. The van der Waals surface area contributed by atoms with Gasteiger partial charge in [-0.1, -0.05) is 18.2 Å². The van der Waals surface area contributed by atoms with Gasteiger partial charge >= 0.3 is 0 Å². The minimum absolute atomic E-state index is 0.877. The molecule has 82 valence electrons. The van der Waals surface area contributed by atoms with E-state index >= 15 is 0 Å². The second-order valence-corrected chi connectivity index (χ2v) is 4.43. The molecule has 0 saturated carbocycles. The number of aryl methyl sites for hydroxylation is 1. The monoisotopic (exact) mass is 230 g/mol. The van der Waals surface area contributed by atoms with Crippen LogP contribution in [0, 0.1) is 6.92 Å². The van der Waals surface area contributed by atoms with Crippen molar-refractivity contribution in [2.75, 3.05) is 6.26 Å². The topological polar surface area (TPSA) is 9.23 Å². The molecule has 0 aliphatic heterocycles. The Bertz CT molecular complexity index is 465. The van der Waals surface area contributed by atoms with Crippen molar-refractivity contribution >= 4 is 11.8 Å². The summed E-state index contributed by atoms with van der Waals surface area (Å²) >= 11 is 1.74. The maximum atomic E-state index is 5.80. The molecule has 0 aliphatic rings. The number of para-hydroxylation sites is 1. The van der Waals surface area contributed by atoms with Crippen LogP contribution in [-0.4, -0.2) is 6.26 Å². The smallest absolute Gasteiger partial charge is 0.130 e. The van der Waals surface area contributed by atoms with Crippen LogP contribution in [0.4, 0.5) is 0 Å². The van der Waals surface area contributed by atoms with Crippen molar-refractivity contribution in [3.05, 3.63) is 54.1 Å². The van der Waals surface area contributed by atoms with Crippen molar-refractivity contribution in [2.45, 2.75) is 11.8 Å². The summed E-state index contributed by atoms with van der Waals surface area (Å²) in [4.78, 5) is 1.26. The van der Waals surface area contributed by atoms with Crippen LogP contribution >= 0.6 is 11.8 Å². The first-order valence-corrected chi connectivity index (χ1v) is 6.39. The van der Waals surface area contributed by atoms with Crippen LogP contribution in [0.25, 0.3) is 0 Å². The van der Waals surface area contributed by atoms with Crippen LogP contribution in [0.2, 0.25) is 0 Å². The fourth-order valence-electron chi connectivity index (χ4n) is 1.48. The molecular weight excluding hydrogens is 216 g/mol. The first-order chi connectivity index (χ1) is 7.79. The average Bonchev–Trinajstić information content (AvgIpc) is 2.33. The number of thioether (sulfide) groups is 1. The zero-order valence-electron chi connectivity index (χ0n) is 9.44. The Balaban J connectivity index is 2.22. The highest BCUT2D eigenvalue weighted by atomic mass is 32.2. The second kappa shape index (κ2) is 5.08. The molecule has 2 rings (SSSR count). The van der Waals surface area contributed by atoms with Crippen LogP contribution in [0.5, 0.6) is 11.5 Å². The molecule has 0 saturated heterocycles. The van der Waals surface area contributed by atoms with E-state index in [0.717, 1.165) is 17.1 Å². The molecule has 0 aliphatic carbocycles. The zero-order chi connectivity index (χ0) is 11.4. The average molecular weight is 230 g/mol. The maximum Gasteiger partial charge on any atom is 0.130 e. The lowest BCUT2D eigenvalue weighted by Crippen LogP contribution is -1.87. The Morgan fingerprint density at radius 2 is 1.75 bits per heavy atom. The van der Waals surface area contributed by atoms with E-state index in [9.17, 15) is 0 Å². The molecule has 2 aromatic rings. The molecule has 2 aromatic carbocycles. The van der Waals surface area contributed by atoms with Gasteiger partial charge in [-0.05, 0) is 49.1 Å². The van der Waals surface area contributed by atoms with E-state index in [2.05, 4.69) is 25.3 Å². The van der Waals surface area contributed by atoms with Gasteiger partial charge in [-0.3, -0.25) is 0 Å². The van der Waals surface area contributed by atoms with Crippen molar-refractivity contribution in [1.29, 1.82) is 0 Å². The van der Waals surface area contributed by atoms with E-state index in [1.165, 1.54) is 4.90 Å². The molecule has 1 nitrogen and oxygen atoms in total. The van der Waals surface area contributed by atoms with Crippen LogP contribution in [0.3, 0.4) is 0 Å². The number of ether oxygens (including phenoxy) is 1. The molecule has 0 spiro atoms. The Morgan fingerprint density at radius 1 is 1.00 bits per heavy atom. The van der Waals surface area contributed by atoms with Crippen molar-refractivity contribution in [3.63, 3.8) is 0 Å². The van der Waals surface area contributed by atoms with E-state index in [1.54, 1.807) is 11.8 Å². The molecule has 0 atom stereocenters. The van der Waals surface area contributed by atoms with Gasteiger partial charge < -0.3 is 4.74 Å². The summed E-state index contributed by atoms with van der Waals surface area (Å²) in [6.45, 7) is 2.07. The highest BCUT2D eigenvalue weighted by Crippen LogP contribution is 2.28. The molecule has 0 fully saturated rings. The van der Waals surface area contributed by atoms with Gasteiger partial charge in [0.2, 0.25) is 0 Å². The lowest BCUT2D eigenvalue weighted by atomic mass is 10.2. The summed E-state index contributed by atoms with van der Waals surface area (Å²) in [5, 5.41) is 0. The summed E-state index contributed by atoms with van der Waals surface area (Å²) in [7, 11) is 0. The van der Waals surface area contributed by atoms with Gasteiger partial charge in [-0.15, -0.1) is 11.8 Å². The second-order valence-electron chi connectivity index (χ2n) is 3.55. The molecular formula is C14H14OS. The molecule has 0 amide bonds. The van der Waals surface area contributed by atoms with E-state index in [0.29, 0.717) is 0 Å². The summed E-state index contributed by atoms with van der Waals surface area (Å²) in [5.41, 5.74) is 1.16. The Morgan fingerprint density at radius 3 is 2.38 bits per heavy atom. The van der Waals surface area contributed by atoms with Gasteiger partial charge in [-0.2, -0.15) is 0 Å². The van der Waals surface area contributed by atoms with Gasteiger partial charge in [-0.25, -0.2) is 0 Å². The van der Waals surface area contributed by atoms with E-state index in [4.69, 9.17) is 4.74 Å². The molecule has 0 N–H and O–H groups in total. The summed E-state index contributed by atoms with van der Waals surface area (Å²) in [6.07, 6.45) is 2.08. The number of benzene rings is 2. The number of hydrogen-bond acceptors (Lipinski definition) is 2. The third-order valence-electron chi connectivity index (χ3n) is 2.35. The zero-order valence-corrected chi connectivity index (χ0v) is 10.3. The third-order valence-corrected chi connectivity index (χ3v) is 3.08. The number of hydrogen-bond donors (Lipinski definition) is 0. The molecule has 0 aromatic heterocycles. The van der Waals surface area contributed by atoms with Gasteiger partial charge in [0.1, 0.15) is 11.5 Å². The fraction of sp³-hybridized carbons (Fsp3) is 0.143. The molecule has 0 unspecified atom stereocenters. The Kier molecular flexibility index (Phi) is 3.52. The largest absolute Gasteiger partial charge is 0.457 e.